The van der Waals surface area contributed by atoms with Gasteiger partial charge in [0.25, 0.3) is 0 Å². The van der Waals surface area contributed by atoms with E-state index in [0.717, 1.165) is 18.0 Å². The minimum atomic E-state index is 0.353. The summed E-state index contributed by atoms with van der Waals surface area (Å²) in [6.07, 6.45) is 1.36. The van der Waals surface area contributed by atoms with Crippen LogP contribution in [0, 0.1) is 16.7 Å². The molecule has 3 heterocycles. The quantitative estimate of drug-likeness (QED) is 0.764. The van der Waals surface area contributed by atoms with Crippen LogP contribution in [0.2, 0.25) is 0 Å². The van der Waals surface area contributed by atoms with Gasteiger partial charge in [-0.05, 0) is 45.4 Å². The van der Waals surface area contributed by atoms with Crippen molar-refractivity contribution in [2.75, 3.05) is 39.3 Å². The van der Waals surface area contributed by atoms with Crippen LogP contribution in [0.25, 0.3) is 0 Å². The fraction of sp³-hybridized carbons (Fsp3) is 1.00. The highest BCUT2D eigenvalue weighted by Gasteiger charge is 2.56. The first-order chi connectivity index (χ1) is 10.9. The van der Waals surface area contributed by atoms with Crippen molar-refractivity contribution in [3.63, 3.8) is 0 Å². The summed E-state index contributed by atoms with van der Waals surface area (Å²) in [4.78, 5) is 8.21. The summed E-state index contributed by atoms with van der Waals surface area (Å²) in [6.45, 7) is 26.9. The zero-order chi connectivity index (χ0) is 17.9. The fourth-order valence-electron chi connectivity index (χ4n) is 5.23. The van der Waals surface area contributed by atoms with E-state index >= 15 is 0 Å². The van der Waals surface area contributed by atoms with Gasteiger partial charge >= 0.3 is 0 Å². The van der Waals surface area contributed by atoms with Crippen LogP contribution < -0.4 is 0 Å². The van der Waals surface area contributed by atoms with Gasteiger partial charge in [0, 0.05) is 62.3 Å². The van der Waals surface area contributed by atoms with E-state index in [1.165, 1.54) is 45.7 Å². The van der Waals surface area contributed by atoms with Gasteiger partial charge in [-0.3, -0.25) is 14.7 Å². The molecule has 1 spiro atoms. The van der Waals surface area contributed by atoms with Gasteiger partial charge in [0.15, 0.2) is 0 Å². The lowest BCUT2D eigenvalue weighted by Crippen LogP contribution is -2.76. The first kappa shape index (κ1) is 18.7. The van der Waals surface area contributed by atoms with Gasteiger partial charge in [0.2, 0.25) is 0 Å². The Labute approximate surface area is 150 Å². The Morgan fingerprint density at radius 1 is 0.917 bits per heavy atom. The van der Waals surface area contributed by atoms with Crippen LogP contribution in [0.5, 0.6) is 0 Å². The third-order valence-electron chi connectivity index (χ3n) is 6.61. The third kappa shape index (κ3) is 3.68. The van der Waals surface area contributed by atoms with Crippen molar-refractivity contribution in [3.8, 4) is 0 Å². The molecule has 3 rings (SSSR count). The molecule has 3 aliphatic rings. The second kappa shape index (κ2) is 5.96. The predicted octanol–water partition coefficient (Wildman–Crippen LogP) is 3.55. The number of rotatable bonds is 2. The van der Waals surface area contributed by atoms with Crippen molar-refractivity contribution in [2.45, 2.75) is 79.4 Å². The molecule has 3 nitrogen and oxygen atoms in total. The largest absolute Gasteiger partial charge is 0.300 e. The van der Waals surface area contributed by atoms with Gasteiger partial charge in [-0.1, -0.05) is 27.7 Å². The van der Waals surface area contributed by atoms with E-state index in [1.807, 2.05) is 0 Å². The summed E-state index contributed by atoms with van der Waals surface area (Å²) in [5.74, 6) is 0.805. The molecule has 0 radical (unpaired) electrons. The van der Waals surface area contributed by atoms with Crippen LogP contribution in [0.3, 0.4) is 0 Å². The van der Waals surface area contributed by atoms with Gasteiger partial charge < -0.3 is 0 Å². The second-order valence-electron chi connectivity index (χ2n) is 11.6. The Morgan fingerprint density at radius 3 is 2.00 bits per heavy atom. The van der Waals surface area contributed by atoms with Crippen LogP contribution in [-0.4, -0.2) is 71.6 Å². The molecular formula is C21H41N3. The lowest BCUT2D eigenvalue weighted by atomic mass is 9.69. The lowest BCUT2D eigenvalue weighted by Gasteiger charge is -2.66. The zero-order valence-electron chi connectivity index (χ0n) is 17.5. The molecule has 3 aliphatic heterocycles. The maximum Gasteiger partial charge on any atom is 0.0212 e. The van der Waals surface area contributed by atoms with Crippen LogP contribution in [0.1, 0.15) is 61.8 Å². The van der Waals surface area contributed by atoms with E-state index in [1.54, 1.807) is 0 Å². The molecule has 0 saturated carbocycles. The Balaban J connectivity index is 1.50. The lowest BCUT2D eigenvalue weighted by molar-refractivity contribution is -0.169. The maximum atomic E-state index is 2.82. The van der Waals surface area contributed by atoms with E-state index < -0.39 is 0 Å². The maximum absolute atomic E-state index is 2.82. The summed E-state index contributed by atoms with van der Waals surface area (Å²) < 4.78 is 0. The zero-order valence-corrected chi connectivity index (χ0v) is 17.5. The molecule has 0 aromatic rings. The average Bonchev–Trinajstić information content (AvgIpc) is 2.27. The molecule has 0 aromatic carbocycles. The van der Waals surface area contributed by atoms with Gasteiger partial charge in [0.05, 0.1) is 0 Å². The molecule has 1 unspecified atom stereocenters. The monoisotopic (exact) mass is 335 g/mol. The molecule has 0 N–H and O–H groups in total. The smallest absolute Gasteiger partial charge is 0.0212 e. The highest BCUT2D eigenvalue weighted by molar-refractivity contribution is 5.10. The molecular weight excluding hydrogens is 294 g/mol. The van der Waals surface area contributed by atoms with E-state index in [9.17, 15) is 0 Å². The number of nitrogens with zero attached hydrogens (tertiary/aromatic N) is 3. The van der Waals surface area contributed by atoms with Crippen molar-refractivity contribution >= 4 is 0 Å². The first-order valence-corrected chi connectivity index (χ1v) is 10.1. The molecule has 0 bridgehead atoms. The second-order valence-corrected chi connectivity index (χ2v) is 11.6. The Hall–Kier alpha value is -0.120. The summed E-state index contributed by atoms with van der Waals surface area (Å²) in [5, 5.41) is 0. The summed E-state index contributed by atoms with van der Waals surface area (Å²) in [5.41, 5.74) is 1.40. The topological polar surface area (TPSA) is 9.72 Å². The van der Waals surface area contributed by atoms with E-state index in [-0.39, 0.29) is 0 Å². The van der Waals surface area contributed by atoms with Crippen LogP contribution in [-0.2, 0) is 0 Å². The van der Waals surface area contributed by atoms with E-state index in [4.69, 9.17) is 0 Å². The molecule has 3 atom stereocenters. The Bertz CT molecular complexity index is 445. The van der Waals surface area contributed by atoms with Gasteiger partial charge in [-0.15, -0.1) is 0 Å². The molecule has 0 amide bonds. The highest BCUT2D eigenvalue weighted by Crippen LogP contribution is 2.45. The minimum Gasteiger partial charge on any atom is -0.300 e. The van der Waals surface area contributed by atoms with E-state index in [2.05, 4.69) is 70.1 Å². The first-order valence-electron chi connectivity index (χ1n) is 10.1. The Morgan fingerprint density at radius 2 is 1.50 bits per heavy atom. The third-order valence-corrected chi connectivity index (χ3v) is 6.61. The predicted molar refractivity (Wildman–Crippen MR) is 103 cm³/mol. The standard InChI is InChI=1S/C21H41N3/c1-16-10-22(11-19(3,4)5)17(2)9-18(16)23-12-21(13-23)14-24(15-21)20(6,7)8/h16-18H,9-15H2,1-8H3/t16-,17-,18?/m1/s1. The molecule has 3 fully saturated rings. The van der Waals surface area contributed by atoms with E-state index in [0.29, 0.717) is 16.4 Å². The Kier molecular flexibility index (Phi) is 4.63. The van der Waals surface area contributed by atoms with Crippen molar-refractivity contribution < 1.29 is 0 Å². The highest BCUT2D eigenvalue weighted by atomic mass is 15.4. The van der Waals surface area contributed by atoms with Crippen LogP contribution >= 0.6 is 0 Å². The number of hydrogen-bond donors (Lipinski definition) is 0. The van der Waals surface area contributed by atoms with Crippen molar-refractivity contribution in [2.24, 2.45) is 16.7 Å². The van der Waals surface area contributed by atoms with Crippen molar-refractivity contribution in [1.29, 1.82) is 0 Å². The summed E-state index contributed by atoms with van der Waals surface area (Å²) in [7, 11) is 0. The van der Waals surface area contributed by atoms with Crippen LogP contribution in [0.15, 0.2) is 0 Å². The molecule has 0 aromatic heterocycles. The molecule has 24 heavy (non-hydrogen) atoms. The van der Waals surface area contributed by atoms with Gasteiger partial charge in [0.1, 0.15) is 0 Å². The number of hydrogen-bond acceptors (Lipinski definition) is 3. The van der Waals surface area contributed by atoms with Gasteiger partial charge in [-0.2, -0.15) is 0 Å². The van der Waals surface area contributed by atoms with Crippen LogP contribution in [0.4, 0.5) is 0 Å². The fourth-order valence-corrected chi connectivity index (χ4v) is 5.23. The molecule has 0 aliphatic carbocycles. The molecule has 3 heteroatoms. The SMILES string of the molecule is C[C@@H]1CN(CC(C)(C)C)[C@H](C)CC1N1CC2(C1)CN(C(C)(C)C)C2. The minimum absolute atomic E-state index is 0.353. The average molecular weight is 336 g/mol. The van der Waals surface area contributed by atoms with Gasteiger partial charge in [-0.25, -0.2) is 0 Å². The molecule has 3 saturated heterocycles. The molecule has 140 valence electrons. The normalized spacial score (nSPS) is 35.8. The number of piperidine rings is 1. The summed E-state index contributed by atoms with van der Waals surface area (Å²) in [6, 6.07) is 1.54. The number of likely N-dealkylation sites (tertiary alicyclic amines) is 3. The summed E-state index contributed by atoms with van der Waals surface area (Å²) >= 11 is 0. The van der Waals surface area contributed by atoms with Crippen molar-refractivity contribution in [3.05, 3.63) is 0 Å². The van der Waals surface area contributed by atoms with Crippen molar-refractivity contribution in [1.82, 2.24) is 14.7 Å².